The maximum absolute atomic E-state index is 13.0. The van der Waals surface area contributed by atoms with Crippen LogP contribution in [0.3, 0.4) is 0 Å². The number of fused-ring (bicyclic) bond motifs is 1. The Labute approximate surface area is 141 Å². The van der Waals surface area contributed by atoms with Gasteiger partial charge in [0.1, 0.15) is 0 Å². The van der Waals surface area contributed by atoms with Gasteiger partial charge in [-0.1, -0.05) is 32.0 Å². The number of carbonyl (C=O) groups excluding carboxylic acids is 1. The minimum absolute atomic E-state index is 0.0398. The van der Waals surface area contributed by atoms with Crippen LogP contribution < -0.4 is 0 Å². The molecule has 1 aliphatic heterocycles. The van der Waals surface area contributed by atoms with Gasteiger partial charge in [0.2, 0.25) is 0 Å². The number of hydrogen-bond donors (Lipinski definition) is 0. The smallest absolute Gasteiger partial charge is 0.264 e. The molecule has 1 atom stereocenters. The van der Waals surface area contributed by atoms with Gasteiger partial charge in [-0.2, -0.15) is 0 Å². The lowest BCUT2D eigenvalue weighted by Crippen LogP contribution is -2.43. The van der Waals surface area contributed by atoms with Gasteiger partial charge in [0, 0.05) is 17.3 Å². The van der Waals surface area contributed by atoms with Crippen molar-refractivity contribution < 1.29 is 13.2 Å². The Bertz CT molecular complexity index is 790. The third kappa shape index (κ3) is 3.58. The van der Waals surface area contributed by atoms with Crippen molar-refractivity contribution in [3.8, 4) is 0 Å². The molecule has 0 radical (unpaired) electrons. The molecule has 23 heavy (non-hydrogen) atoms. The summed E-state index contributed by atoms with van der Waals surface area (Å²) < 4.78 is 24.7. The Balaban J connectivity index is 1.90. The van der Waals surface area contributed by atoms with Gasteiger partial charge >= 0.3 is 0 Å². The first-order valence-electron chi connectivity index (χ1n) is 7.86. The topological polar surface area (TPSA) is 54.5 Å². The Morgan fingerprint density at radius 1 is 1.35 bits per heavy atom. The van der Waals surface area contributed by atoms with Crippen molar-refractivity contribution in [2.24, 2.45) is 5.92 Å². The second-order valence-corrected chi connectivity index (χ2v) is 9.87. The number of rotatable bonds is 4. The number of hydrogen-bond acceptors (Lipinski definition) is 4. The molecule has 6 heteroatoms. The molecule has 4 nitrogen and oxygen atoms in total. The van der Waals surface area contributed by atoms with Crippen LogP contribution in [0.25, 0.3) is 10.1 Å². The van der Waals surface area contributed by atoms with Crippen LogP contribution >= 0.6 is 11.3 Å². The van der Waals surface area contributed by atoms with Crippen LogP contribution in [0, 0.1) is 5.92 Å². The zero-order valence-corrected chi connectivity index (χ0v) is 15.0. The van der Waals surface area contributed by atoms with Crippen molar-refractivity contribution in [1.82, 2.24) is 4.90 Å². The van der Waals surface area contributed by atoms with Crippen LogP contribution in [0.15, 0.2) is 30.3 Å². The molecular formula is C17H21NO3S2. The summed E-state index contributed by atoms with van der Waals surface area (Å²) in [5.41, 5.74) is 0. The van der Waals surface area contributed by atoms with Crippen molar-refractivity contribution in [2.75, 3.05) is 18.1 Å². The van der Waals surface area contributed by atoms with Gasteiger partial charge in [-0.3, -0.25) is 4.79 Å². The highest BCUT2D eigenvalue weighted by Crippen LogP contribution is 2.28. The largest absolute Gasteiger partial charge is 0.334 e. The van der Waals surface area contributed by atoms with Crippen LogP contribution in [0.2, 0.25) is 0 Å². The lowest BCUT2D eigenvalue weighted by atomic mass is 10.1. The van der Waals surface area contributed by atoms with E-state index < -0.39 is 9.84 Å². The van der Waals surface area contributed by atoms with E-state index in [4.69, 9.17) is 0 Å². The molecule has 0 bridgehead atoms. The molecule has 0 saturated carbocycles. The van der Waals surface area contributed by atoms with E-state index in [-0.39, 0.29) is 23.5 Å². The van der Waals surface area contributed by atoms with Crippen molar-refractivity contribution in [1.29, 1.82) is 0 Å². The van der Waals surface area contributed by atoms with Gasteiger partial charge in [0.05, 0.1) is 16.4 Å². The summed E-state index contributed by atoms with van der Waals surface area (Å²) in [6.07, 6.45) is 0.547. The van der Waals surface area contributed by atoms with Gasteiger partial charge in [-0.25, -0.2) is 8.42 Å². The highest BCUT2D eigenvalue weighted by molar-refractivity contribution is 7.91. The number of thiophene rings is 1. The molecule has 1 aromatic carbocycles. The van der Waals surface area contributed by atoms with Crippen LogP contribution in [0.5, 0.6) is 0 Å². The molecule has 0 aliphatic carbocycles. The first-order chi connectivity index (χ1) is 10.9. The Morgan fingerprint density at radius 2 is 2.09 bits per heavy atom. The second-order valence-electron chi connectivity index (χ2n) is 6.56. The third-order valence-electron chi connectivity index (χ3n) is 4.11. The van der Waals surface area contributed by atoms with E-state index in [0.717, 1.165) is 10.1 Å². The number of carbonyl (C=O) groups is 1. The van der Waals surface area contributed by atoms with E-state index in [2.05, 4.69) is 13.8 Å². The van der Waals surface area contributed by atoms with Gasteiger partial charge in [0.25, 0.3) is 5.91 Å². The van der Waals surface area contributed by atoms with Crippen molar-refractivity contribution in [3.63, 3.8) is 0 Å². The quantitative estimate of drug-likeness (QED) is 0.850. The van der Waals surface area contributed by atoms with Gasteiger partial charge < -0.3 is 4.90 Å². The minimum Gasteiger partial charge on any atom is -0.334 e. The fourth-order valence-corrected chi connectivity index (χ4v) is 5.79. The summed E-state index contributed by atoms with van der Waals surface area (Å²) in [5.74, 6) is 0.543. The first-order valence-corrected chi connectivity index (χ1v) is 10.5. The Morgan fingerprint density at radius 3 is 2.70 bits per heavy atom. The summed E-state index contributed by atoms with van der Waals surface area (Å²) in [6, 6.07) is 9.64. The Kier molecular flexibility index (Phi) is 4.47. The average molecular weight is 351 g/mol. The normalized spacial score (nSPS) is 20.2. The predicted molar refractivity (Wildman–Crippen MR) is 94.8 cm³/mol. The van der Waals surface area contributed by atoms with E-state index >= 15 is 0 Å². The highest BCUT2D eigenvalue weighted by atomic mass is 32.2. The third-order valence-corrected chi connectivity index (χ3v) is 6.96. The van der Waals surface area contributed by atoms with Gasteiger partial charge in [-0.05, 0) is 29.9 Å². The molecule has 1 saturated heterocycles. The number of nitrogens with zero attached hydrogens (tertiary/aromatic N) is 1. The summed E-state index contributed by atoms with van der Waals surface area (Å²) >= 11 is 1.48. The molecule has 3 rings (SSSR count). The van der Waals surface area contributed by atoms with Crippen LogP contribution in [-0.4, -0.2) is 43.3 Å². The van der Waals surface area contributed by atoms with E-state index in [1.807, 2.05) is 30.3 Å². The molecule has 2 aromatic rings. The van der Waals surface area contributed by atoms with Gasteiger partial charge in [0.15, 0.2) is 9.84 Å². The standard InChI is InChI=1S/C17H21NO3S2/c1-12(2)10-18(14-7-8-23(20,21)11-14)17(19)16-9-13-5-3-4-6-15(13)22-16/h3-6,9,12,14H,7-8,10-11H2,1-2H3/t14-/m1/s1. The van der Waals surface area contributed by atoms with Crippen LogP contribution in [-0.2, 0) is 9.84 Å². The fraction of sp³-hybridized carbons (Fsp3) is 0.471. The van der Waals surface area contributed by atoms with Crippen molar-refractivity contribution in [3.05, 3.63) is 35.2 Å². The fourth-order valence-electron chi connectivity index (χ4n) is 3.04. The summed E-state index contributed by atoms with van der Waals surface area (Å²) in [7, 11) is -3.01. The molecule has 1 amide bonds. The van der Waals surface area contributed by atoms with E-state index in [1.54, 1.807) is 4.90 Å². The second kappa shape index (κ2) is 6.24. The van der Waals surface area contributed by atoms with Crippen molar-refractivity contribution in [2.45, 2.75) is 26.3 Å². The van der Waals surface area contributed by atoms with E-state index in [1.165, 1.54) is 11.3 Å². The molecule has 124 valence electrons. The maximum atomic E-state index is 13.0. The van der Waals surface area contributed by atoms with Gasteiger partial charge in [-0.15, -0.1) is 11.3 Å². The minimum atomic E-state index is -3.01. The summed E-state index contributed by atoms with van der Waals surface area (Å²) in [4.78, 5) is 15.5. The lowest BCUT2D eigenvalue weighted by molar-refractivity contribution is 0.0677. The molecular weight excluding hydrogens is 330 g/mol. The SMILES string of the molecule is CC(C)CN(C(=O)c1cc2ccccc2s1)[C@@H]1CCS(=O)(=O)C1. The van der Waals surface area contributed by atoms with Crippen LogP contribution in [0.4, 0.5) is 0 Å². The highest BCUT2D eigenvalue weighted by Gasteiger charge is 2.35. The molecule has 0 unspecified atom stereocenters. The van der Waals surface area contributed by atoms with E-state index in [0.29, 0.717) is 23.8 Å². The summed E-state index contributed by atoms with van der Waals surface area (Å²) in [5, 5.41) is 1.06. The maximum Gasteiger partial charge on any atom is 0.264 e. The monoisotopic (exact) mass is 351 g/mol. The summed E-state index contributed by atoms with van der Waals surface area (Å²) in [6.45, 7) is 4.69. The predicted octanol–water partition coefficient (Wildman–Crippen LogP) is 3.19. The zero-order valence-electron chi connectivity index (χ0n) is 13.4. The van der Waals surface area contributed by atoms with E-state index in [9.17, 15) is 13.2 Å². The molecule has 1 aromatic heterocycles. The number of amides is 1. The Hall–Kier alpha value is -1.40. The average Bonchev–Trinajstić information content (AvgIpc) is 3.06. The molecule has 0 N–H and O–H groups in total. The zero-order chi connectivity index (χ0) is 16.6. The molecule has 2 heterocycles. The van der Waals surface area contributed by atoms with Crippen molar-refractivity contribution >= 4 is 37.2 Å². The molecule has 0 spiro atoms. The number of benzene rings is 1. The lowest BCUT2D eigenvalue weighted by Gasteiger charge is -2.29. The first kappa shape index (κ1) is 16.5. The molecule has 1 fully saturated rings. The molecule has 1 aliphatic rings. The number of sulfone groups is 1. The van der Waals surface area contributed by atoms with Crippen LogP contribution in [0.1, 0.15) is 29.9 Å².